The average Bonchev–Trinajstić information content (AvgIpc) is 3.46. The van der Waals surface area contributed by atoms with Gasteiger partial charge in [0.05, 0.1) is 10.7 Å². The molecular weight excluding hydrogens is 553 g/mol. The Labute approximate surface area is 240 Å². The molecule has 0 unspecified atom stereocenters. The minimum absolute atomic E-state index is 0.141. The van der Waals surface area contributed by atoms with Gasteiger partial charge in [-0.15, -0.1) is 0 Å². The first-order valence-corrected chi connectivity index (χ1v) is 13.6. The third-order valence-corrected chi connectivity index (χ3v) is 7.13. The Morgan fingerprint density at radius 3 is 2.65 bits per heavy atom. The summed E-state index contributed by atoms with van der Waals surface area (Å²) in [7, 11) is 0. The molecule has 0 aliphatic carbocycles. The lowest BCUT2D eigenvalue weighted by Gasteiger charge is -2.14. The second-order valence-corrected chi connectivity index (χ2v) is 10.3. The molecular formula is C28H27Cl2N7O3. The van der Waals surface area contributed by atoms with Crippen LogP contribution in [0, 0.1) is 0 Å². The molecule has 10 nitrogen and oxygen atoms in total. The molecule has 0 spiro atoms. The predicted molar refractivity (Wildman–Crippen MR) is 156 cm³/mol. The van der Waals surface area contributed by atoms with Gasteiger partial charge in [-0.2, -0.15) is 4.98 Å². The zero-order valence-electron chi connectivity index (χ0n) is 21.5. The molecule has 0 radical (unpaired) electrons. The Hall–Kier alpha value is -3.99. The lowest BCUT2D eigenvalue weighted by molar-refractivity contribution is 0.0949. The van der Waals surface area contributed by atoms with E-state index in [-0.39, 0.29) is 34.3 Å². The molecule has 1 aliphatic rings. The number of aromatic nitrogens is 3. The second-order valence-electron chi connectivity index (χ2n) is 9.45. The van der Waals surface area contributed by atoms with Gasteiger partial charge in [0.25, 0.3) is 17.4 Å². The molecule has 4 N–H and O–H groups in total. The topological polar surface area (TPSA) is 132 Å². The Morgan fingerprint density at radius 1 is 1.02 bits per heavy atom. The van der Waals surface area contributed by atoms with E-state index in [1.165, 1.54) is 31.0 Å². The van der Waals surface area contributed by atoms with E-state index >= 15 is 0 Å². The third kappa shape index (κ3) is 6.77. The molecule has 206 valence electrons. The Kier molecular flexibility index (Phi) is 8.59. The number of hydrogen-bond acceptors (Lipinski definition) is 7. The van der Waals surface area contributed by atoms with Crippen LogP contribution in [0.4, 0.5) is 11.6 Å². The number of likely N-dealkylation sites (tertiary alicyclic amines) is 1. The number of carbonyl (C=O) groups excluding carboxylic acids is 2. The van der Waals surface area contributed by atoms with Crippen molar-refractivity contribution in [2.45, 2.75) is 19.4 Å². The van der Waals surface area contributed by atoms with Crippen molar-refractivity contribution >= 4 is 57.7 Å². The number of pyridine rings is 1. The molecule has 0 bridgehead atoms. The quantitative estimate of drug-likeness (QED) is 0.232. The SMILES string of the molecule is O=C(NCc1cccc(Cl)c1)c1ccc(Cl)c(NC(=O)c2cc3cnc(NCCN4CCCC4)nc3[nH]c2=O)c1. The molecule has 4 aromatic rings. The summed E-state index contributed by atoms with van der Waals surface area (Å²) in [5, 5.41) is 9.89. The van der Waals surface area contributed by atoms with Gasteiger partial charge in [0.1, 0.15) is 11.2 Å². The van der Waals surface area contributed by atoms with Gasteiger partial charge in [-0.1, -0.05) is 35.3 Å². The predicted octanol–water partition coefficient (Wildman–Crippen LogP) is 4.31. The Bertz CT molecular complexity index is 1620. The van der Waals surface area contributed by atoms with Crippen molar-refractivity contribution in [3.63, 3.8) is 0 Å². The highest BCUT2D eigenvalue weighted by Gasteiger charge is 2.17. The number of nitrogens with zero attached hydrogens (tertiary/aromatic N) is 3. The normalized spacial score (nSPS) is 13.3. The number of carbonyl (C=O) groups is 2. The largest absolute Gasteiger partial charge is 0.353 e. The first-order valence-electron chi connectivity index (χ1n) is 12.9. The van der Waals surface area contributed by atoms with Crippen LogP contribution in [0.1, 0.15) is 39.1 Å². The number of fused-ring (bicyclic) bond motifs is 1. The van der Waals surface area contributed by atoms with Crippen molar-refractivity contribution < 1.29 is 9.59 Å². The van der Waals surface area contributed by atoms with E-state index in [0.717, 1.165) is 25.2 Å². The first kappa shape index (κ1) is 27.6. The van der Waals surface area contributed by atoms with Crippen molar-refractivity contribution in [2.24, 2.45) is 0 Å². The molecule has 2 aromatic heterocycles. The van der Waals surface area contributed by atoms with Gasteiger partial charge in [-0.05, 0) is 67.9 Å². The van der Waals surface area contributed by atoms with Gasteiger partial charge >= 0.3 is 0 Å². The maximum Gasteiger partial charge on any atom is 0.262 e. The number of anilines is 2. The highest BCUT2D eigenvalue weighted by molar-refractivity contribution is 6.34. The lowest BCUT2D eigenvalue weighted by Crippen LogP contribution is -2.26. The summed E-state index contributed by atoms with van der Waals surface area (Å²) in [5.41, 5.74) is 0.878. The fraction of sp³-hybridized carbons (Fsp3) is 0.250. The fourth-order valence-corrected chi connectivity index (χ4v) is 4.84. The number of hydrogen-bond donors (Lipinski definition) is 4. The van der Waals surface area contributed by atoms with Crippen molar-refractivity contribution in [1.29, 1.82) is 0 Å². The van der Waals surface area contributed by atoms with Gasteiger partial charge in [0.2, 0.25) is 5.95 Å². The number of halogens is 2. The molecule has 12 heteroatoms. The maximum atomic E-state index is 13.0. The van der Waals surface area contributed by atoms with Gasteiger partial charge in [-0.25, -0.2) is 4.98 Å². The fourth-order valence-electron chi connectivity index (χ4n) is 4.46. The molecule has 0 saturated carbocycles. The smallest absolute Gasteiger partial charge is 0.262 e. The Balaban J connectivity index is 1.25. The third-order valence-electron chi connectivity index (χ3n) is 6.57. The average molecular weight is 580 g/mol. The Morgan fingerprint density at radius 2 is 1.85 bits per heavy atom. The molecule has 5 rings (SSSR count). The second kappa shape index (κ2) is 12.5. The van der Waals surface area contributed by atoms with Crippen molar-refractivity contribution in [1.82, 2.24) is 25.2 Å². The van der Waals surface area contributed by atoms with Gasteiger partial charge in [0, 0.05) is 41.8 Å². The van der Waals surface area contributed by atoms with Crippen LogP contribution in [-0.4, -0.2) is 57.8 Å². The number of nitrogens with one attached hydrogen (secondary N) is 4. The minimum atomic E-state index is -0.686. The zero-order chi connectivity index (χ0) is 28.1. The van der Waals surface area contributed by atoms with E-state index in [0.29, 0.717) is 28.5 Å². The van der Waals surface area contributed by atoms with Crippen LogP contribution in [0.2, 0.25) is 10.0 Å². The number of benzene rings is 2. The van der Waals surface area contributed by atoms with E-state index in [9.17, 15) is 14.4 Å². The first-order chi connectivity index (χ1) is 19.4. The molecule has 40 heavy (non-hydrogen) atoms. The van der Waals surface area contributed by atoms with Crippen LogP contribution in [0.3, 0.4) is 0 Å². The monoisotopic (exact) mass is 579 g/mol. The van der Waals surface area contributed by atoms with Crippen molar-refractivity contribution in [3.05, 3.63) is 91.8 Å². The molecule has 2 amide bonds. The van der Waals surface area contributed by atoms with Gasteiger partial charge in [0.15, 0.2) is 0 Å². The van der Waals surface area contributed by atoms with Crippen molar-refractivity contribution in [3.8, 4) is 0 Å². The summed E-state index contributed by atoms with van der Waals surface area (Å²) in [6.07, 6.45) is 3.99. The molecule has 2 aromatic carbocycles. The number of amides is 2. The summed E-state index contributed by atoms with van der Waals surface area (Å²) in [6, 6.07) is 13.1. The summed E-state index contributed by atoms with van der Waals surface area (Å²) in [6.45, 7) is 4.06. The summed E-state index contributed by atoms with van der Waals surface area (Å²) in [5.74, 6) is -0.649. The highest BCUT2D eigenvalue weighted by Crippen LogP contribution is 2.24. The number of rotatable bonds is 9. The van der Waals surface area contributed by atoms with E-state index in [4.69, 9.17) is 23.2 Å². The van der Waals surface area contributed by atoms with E-state index in [1.807, 2.05) is 6.07 Å². The van der Waals surface area contributed by atoms with Crippen LogP contribution in [0.25, 0.3) is 11.0 Å². The molecule has 1 aliphatic heterocycles. The van der Waals surface area contributed by atoms with Crippen LogP contribution < -0.4 is 21.5 Å². The van der Waals surface area contributed by atoms with Crippen LogP contribution in [0.5, 0.6) is 0 Å². The molecule has 1 saturated heterocycles. The van der Waals surface area contributed by atoms with Crippen molar-refractivity contribution in [2.75, 3.05) is 36.8 Å². The number of aromatic amines is 1. The molecule has 1 fully saturated rings. The van der Waals surface area contributed by atoms with E-state index in [2.05, 4.69) is 35.8 Å². The summed E-state index contributed by atoms with van der Waals surface area (Å²) < 4.78 is 0. The molecule has 0 atom stereocenters. The van der Waals surface area contributed by atoms with Gasteiger partial charge in [-0.3, -0.25) is 14.4 Å². The number of H-pyrrole nitrogens is 1. The minimum Gasteiger partial charge on any atom is -0.353 e. The van der Waals surface area contributed by atoms with Crippen LogP contribution in [-0.2, 0) is 6.54 Å². The van der Waals surface area contributed by atoms with E-state index < -0.39 is 11.5 Å². The standard InChI is InChI=1S/C28H27Cl2N7O3/c29-20-5-3-4-17(12-20)15-32-25(38)18-6-7-22(30)23(14-18)34-26(39)21-13-19-16-33-28(36-24(19)35-27(21)40)31-8-11-37-9-1-2-10-37/h3-7,12-14,16H,1-2,8-11,15H2,(H,32,38)(H,34,39)(H2,31,33,35,36,40). The van der Waals surface area contributed by atoms with E-state index in [1.54, 1.807) is 30.5 Å². The van der Waals surface area contributed by atoms with Crippen LogP contribution >= 0.6 is 23.2 Å². The molecule has 3 heterocycles. The van der Waals surface area contributed by atoms with Gasteiger partial charge < -0.3 is 25.8 Å². The highest BCUT2D eigenvalue weighted by atomic mass is 35.5. The summed E-state index contributed by atoms with van der Waals surface area (Å²) in [4.78, 5) is 52.2. The lowest BCUT2D eigenvalue weighted by atomic mass is 10.1. The maximum absolute atomic E-state index is 13.0. The summed E-state index contributed by atoms with van der Waals surface area (Å²) >= 11 is 12.3. The zero-order valence-corrected chi connectivity index (χ0v) is 23.0. The van der Waals surface area contributed by atoms with Crippen LogP contribution in [0.15, 0.2) is 59.5 Å².